The maximum atomic E-state index is 12.9. The average Bonchev–Trinajstić information content (AvgIpc) is 3.17. The molecule has 1 aliphatic heterocycles. The van der Waals surface area contributed by atoms with Gasteiger partial charge in [0, 0.05) is 42.4 Å². The van der Waals surface area contributed by atoms with Gasteiger partial charge in [-0.05, 0) is 31.7 Å². The summed E-state index contributed by atoms with van der Waals surface area (Å²) in [7, 11) is 0. The highest BCUT2D eigenvalue weighted by atomic mass is 16.1. The number of aryl methyl sites for hydroxylation is 3. The first kappa shape index (κ1) is 15.9. The number of nitrogens with zero attached hydrogens (tertiary/aromatic N) is 3. The smallest absolute Gasteiger partial charge is 0.165 e. The summed E-state index contributed by atoms with van der Waals surface area (Å²) in [5, 5.41) is 1.11. The van der Waals surface area contributed by atoms with Gasteiger partial charge >= 0.3 is 0 Å². The van der Waals surface area contributed by atoms with Crippen LogP contribution < -0.4 is 0 Å². The van der Waals surface area contributed by atoms with Crippen LogP contribution in [0.25, 0.3) is 10.9 Å². The Morgan fingerprint density at radius 1 is 1.40 bits per heavy atom. The number of carbonyl (C=O) groups is 1. The van der Waals surface area contributed by atoms with E-state index in [0.29, 0.717) is 12.8 Å². The topological polar surface area (TPSA) is 39.8 Å². The molecule has 0 amide bonds. The number of aromatic nitrogens is 3. The van der Waals surface area contributed by atoms with Crippen LogP contribution in [0, 0.1) is 6.92 Å². The van der Waals surface area contributed by atoms with Crippen LogP contribution in [0.3, 0.4) is 0 Å². The van der Waals surface area contributed by atoms with Crippen molar-refractivity contribution in [2.45, 2.75) is 45.7 Å². The first-order valence-corrected chi connectivity index (χ1v) is 8.94. The Morgan fingerprint density at radius 2 is 2.28 bits per heavy atom. The van der Waals surface area contributed by atoms with Crippen molar-refractivity contribution in [2.75, 3.05) is 0 Å². The lowest BCUT2D eigenvalue weighted by Gasteiger charge is -2.14. The molecule has 0 saturated carbocycles. The van der Waals surface area contributed by atoms with Gasteiger partial charge in [0.1, 0.15) is 0 Å². The molecule has 0 radical (unpaired) electrons. The molecule has 1 aliphatic rings. The molecule has 0 N–H and O–H groups in total. The van der Waals surface area contributed by atoms with Gasteiger partial charge in [-0.3, -0.25) is 4.79 Å². The lowest BCUT2D eigenvalue weighted by Crippen LogP contribution is -2.06. The van der Waals surface area contributed by atoms with Crippen molar-refractivity contribution in [1.82, 2.24) is 14.1 Å². The van der Waals surface area contributed by atoms with Crippen LogP contribution in [0.15, 0.2) is 43.4 Å². The largest absolute Gasteiger partial charge is 0.346 e. The second-order valence-corrected chi connectivity index (χ2v) is 6.79. The Morgan fingerprint density at radius 3 is 3.12 bits per heavy atom. The highest BCUT2D eigenvalue weighted by Crippen LogP contribution is 2.30. The fourth-order valence-electron chi connectivity index (χ4n) is 3.90. The molecule has 4 nitrogen and oxygen atoms in total. The minimum Gasteiger partial charge on any atom is -0.346 e. The van der Waals surface area contributed by atoms with Crippen LogP contribution in [-0.2, 0) is 25.9 Å². The van der Waals surface area contributed by atoms with Gasteiger partial charge in [0.15, 0.2) is 5.78 Å². The van der Waals surface area contributed by atoms with Crippen LogP contribution in [0.4, 0.5) is 0 Å². The number of benzene rings is 1. The summed E-state index contributed by atoms with van der Waals surface area (Å²) in [6.45, 7) is 7.58. The second-order valence-electron chi connectivity index (χ2n) is 6.79. The molecule has 128 valence electrons. The van der Waals surface area contributed by atoms with E-state index in [-0.39, 0.29) is 5.78 Å². The molecule has 0 atom stereocenters. The number of carbonyl (C=O) groups excluding carboxylic acids is 1. The molecule has 4 rings (SSSR count). The molecule has 0 spiro atoms. The van der Waals surface area contributed by atoms with Crippen LogP contribution in [0.5, 0.6) is 0 Å². The zero-order valence-corrected chi connectivity index (χ0v) is 14.7. The van der Waals surface area contributed by atoms with E-state index in [9.17, 15) is 4.79 Å². The predicted molar refractivity (Wildman–Crippen MR) is 100 cm³/mol. The standard InChI is InChI=1S/C21H23N3O/c1-3-11-24-14-22-19(15(24)2)9-10-20(25)18-13-23-12-5-7-16-6-4-8-17(18)21(16)23/h3-4,6,8,13-14H,1,5,7,9-12H2,2H3. The third-order valence-corrected chi connectivity index (χ3v) is 5.24. The summed E-state index contributed by atoms with van der Waals surface area (Å²) in [6, 6.07) is 6.34. The first-order chi connectivity index (χ1) is 12.2. The number of hydrogen-bond donors (Lipinski definition) is 0. The van der Waals surface area contributed by atoms with Crippen LogP contribution in [0.1, 0.15) is 40.2 Å². The highest BCUT2D eigenvalue weighted by Gasteiger charge is 2.20. The van der Waals surface area contributed by atoms with E-state index in [2.05, 4.69) is 52.0 Å². The van der Waals surface area contributed by atoms with E-state index in [1.807, 2.05) is 12.4 Å². The molecule has 1 aromatic carbocycles. The van der Waals surface area contributed by atoms with Gasteiger partial charge in [0.25, 0.3) is 0 Å². The molecule has 0 unspecified atom stereocenters. The molecule has 3 heterocycles. The van der Waals surface area contributed by atoms with Crippen LogP contribution in [0.2, 0.25) is 0 Å². The highest BCUT2D eigenvalue weighted by molar-refractivity contribution is 6.08. The minimum atomic E-state index is 0.209. The third-order valence-electron chi connectivity index (χ3n) is 5.24. The number of hydrogen-bond acceptors (Lipinski definition) is 2. The lowest BCUT2D eigenvalue weighted by atomic mass is 10.00. The fourth-order valence-corrected chi connectivity index (χ4v) is 3.90. The number of imidazole rings is 1. The summed E-state index contributed by atoms with van der Waals surface area (Å²) in [4.78, 5) is 17.3. The third kappa shape index (κ3) is 2.72. The summed E-state index contributed by atoms with van der Waals surface area (Å²) in [5.41, 5.74) is 5.60. The minimum absolute atomic E-state index is 0.209. The summed E-state index contributed by atoms with van der Waals surface area (Å²) in [6.07, 6.45) is 9.17. The summed E-state index contributed by atoms with van der Waals surface area (Å²) < 4.78 is 4.32. The van der Waals surface area contributed by atoms with Crippen LogP contribution in [-0.4, -0.2) is 19.9 Å². The lowest BCUT2D eigenvalue weighted by molar-refractivity contribution is 0.0984. The van der Waals surface area contributed by atoms with Crippen molar-refractivity contribution in [3.05, 3.63) is 65.9 Å². The van der Waals surface area contributed by atoms with Gasteiger partial charge in [-0.2, -0.15) is 0 Å². The van der Waals surface area contributed by atoms with Gasteiger partial charge in [0.05, 0.1) is 17.5 Å². The van der Waals surface area contributed by atoms with Gasteiger partial charge in [-0.25, -0.2) is 4.98 Å². The SMILES string of the molecule is C=CCn1cnc(CCC(=O)c2cn3c4c(cccc24)CCC3)c1C. The normalized spacial score (nSPS) is 13.3. The first-order valence-electron chi connectivity index (χ1n) is 8.94. The molecule has 0 fully saturated rings. The number of Topliss-reactive ketones (excluding diaryl/α,β-unsaturated/α-hetero) is 1. The van der Waals surface area contributed by atoms with E-state index < -0.39 is 0 Å². The van der Waals surface area contributed by atoms with Gasteiger partial charge in [-0.15, -0.1) is 6.58 Å². The molecule has 3 aromatic rings. The molecule has 2 aromatic heterocycles. The molecule has 0 bridgehead atoms. The number of allylic oxidation sites excluding steroid dienone is 1. The van der Waals surface area contributed by atoms with Crippen molar-refractivity contribution in [2.24, 2.45) is 0 Å². The Labute approximate surface area is 147 Å². The van der Waals surface area contributed by atoms with E-state index in [4.69, 9.17) is 0 Å². The van der Waals surface area contributed by atoms with Crippen molar-refractivity contribution in [3.63, 3.8) is 0 Å². The molecule has 4 heteroatoms. The second kappa shape index (κ2) is 6.36. The quantitative estimate of drug-likeness (QED) is 0.503. The molecule has 0 saturated heterocycles. The van der Waals surface area contributed by atoms with Gasteiger partial charge in [-0.1, -0.05) is 24.3 Å². The van der Waals surface area contributed by atoms with Crippen molar-refractivity contribution >= 4 is 16.7 Å². The number of ketones is 1. The Balaban J connectivity index is 1.57. The Bertz CT molecular complexity index is 961. The Hall–Kier alpha value is -2.62. The van der Waals surface area contributed by atoms with E-state index >= 15 is 0 Å². The molecular formula is C21H23N3O. The molecular weight excluding hydrogens is 310 g/mol. The summed E-state index contributed by atoms with van der Waals surface area (Å²) in [5.74, 6) is 0.209. The maximum Gasteiger partial charge on any atom is 0.165 e. The van der Waals surface area contributed by atoms with Gasteiger partial charge in [0.2, 0.25) is 0 Å². The zero-order valence-electron chi connectivity index (χ0n) is 14.7. The average molecular weight is 333 g/mol. The number of para-hydroxylation sites is 1. The zero-order chi connectivity index (χ0) is 17.4. The Kier molecular flexibility index (Phi) is 4.04. The van der Waals surface area contributed by atoms with Crippen molar-refractivity contribution in [3.8, 4) is 0 Å². The van der Waals surface area contributed by atoms with Crippen molar-refractivity contribution < 1.29 is 4.79 Å². The number of rotatable bonds is 6. The van der Waals surface area contributed by atoms with Crippen molar-refractivity contribution in [1.29, 1.82) is 0 Å². The van der Waals surface area contributed by atoms with E-state index in [1.54, 1.807) is 0 Å². The molecule has 0 aliphatic carbocycles. The molecule has 25 heavy (non-hydrogen) atoms. The maximum absolute atomic E-state index is 12.9. The monoisotopic (exact) mass is 333 g/mol. The van der Waals surface area contributed by atoms with E-state index in [1.165, 1.54) is 11.1 Å². The fraction of sp³-hybridized carbons (Fsp3) is 0.333. The summed E-state index contributed by atoms with van der Waals surface area (Å²) >= 11 is 0. The predicted octanol–water partition coefficient (Wildman–Crippen LogP) is 4.09. The van der Waals surface area contributed by atoms with Gasteiger partial charge < -0.3 is 9.13 Å². The van der Waals surface area contributed by atoms with E-state index in [0.717, 1.165) is 48.3 Å². The van der Waals surface area contributed by atoms with Crippen LogP contribution >= 0.6 is 0 Å².